The molecule has 6 heteroatoms. The van der Waals surface area contributed by atoms with Crippen molar-refractivity contribution in [3.63, 3.8) is 0 Å². The summed E-state index contributed by atoms with van der Waals surface area (Å²) in [5.41, 5.74) is 0. The fourth-order valence-electron chi connectivity index (χ4n) is 2.80. The second-order valence-corrected chi connectivity index (χ2v) is 5.06. The maximum Gasteiger partial charge on any atom is 0.317 e. The van der Waals surface area contributed by atoms with E-state index in [9.17, 15) is 9.59 Å². The Bertz CT molecular complexity index is 316. The molecular weight excluding hydrogens is 234 g/mol. The number of carboxylic acids is 1. The minimum Gasteiger partial charge on any atom is -0.481 e. The van der Waals surface area contributed by atoms with Gasteiger partial charge >= 0.3 is 12.0 Å². The lowest BCUT2D eigenvalue weighted by atomic mass is 9.96. The number of urea groups is 1. The summed E-state index contributed by atoms with van der Waals surface area (Å²) in [6.07, 6.45) is 2.59. The molecule has 0 aromatic rings. The van der Waals surface area contributed by atoms with Crippen LogP contribution in [0, 0.1) is 11.8 Å². The van der Waals surface area contributed by atoms with Crippen LogP contribution >= 0.6 is 0 Å². The number of carbonyl (C=O) groups is 2. The summed E-state index contributed by atoms with van der Waals surface area (Å²) in [4.78, 5) is 24.7. The van der Waals surface area contributed by atoms with Gasteiger partial charge in [-0.25, -0.2) is 4.79 Å². The van der Waals surface area contributed by atoms with E-state index in [-0.39, 0.29) is 17.9 Å². The summed E-state index contributed by atoms with van der Waals surface area (Å²) in [6, 6.07) is -0.0625. The summed E-state index contributed by atoms with van der Waals surface area (Å²) >= 11 is 0. The van der Waals surface area contributed by atoms with Crippen LogP contribution in [0.4, 0.5) is 4.79 Å². The van der Waals surface area contributed by atoms with Crippen molar-refractivity contribution in [3.8, 4) is 0 Å². The lowest BCUT2D eigenvalue weighted by Crippen LogP contribution is -2.51. The Morgan fingerprint density at radius 1 is 1.28 bits per heavy atom. The molecule has 1 aliphatic heterocycles. The van der Waals surface area contributed by atoms with Gasteiger partial charge in [-0.05, 0) is 18.8 Å². The number of hydrogen-bond donors (Lipinski definition) is 3. The average Bonchev–Trinajstić information content (AvgIpc) is 2.85. The molecule has 1 aliphatic carbocycles. The molecule has 1 saturated carbocycles. The molecule has 3 N–H and O–H groups in total. The van der Waals surface area contributed by atoms with Crippen LogP contribution in [0.25, 0.3) is 0 Å². The molecule has 2 rings (SSSR count). The molecule has 1 heterocycles. The van der Waals surface area contributed by atoms with Crippen molar-refractivity contribution in [3.05, 3.63) is 0 Å². The highest BCUT2D eigenvalue weighted by atomic mass is 16.4. The second kappa shape index (κ2) is 6.04. The first-order valence-corrected chi connectivity index (χ1v) is 6.65. The van der Waals surface area contributed by atoms with E-state index < -0.39 is 5.97 Å². The van der Waals surface area contributed by atoms with Gasteiger partial charge in [-0.3, -0.25) is 4.79 Å². The van der Waals surface area contributed by atoms with Crippen molar-refractivity contribution in [1.82, 2.24) is 15.5 Å². The van der Waals surface area contributed by atoms with E-state index in [4.69, 9.17) is 5.11 Å². The number of amides is 2. The molecule has 2 atom stereocenters. The molecule has 102 valence electrons. The maximum atomic E-state index is 11.9. The van der Waals surface area contributed by atoms with E-state index in [2.05, 4.69) is 10.6 Å². The molecule has 2 amide bonds. The first-order chi connectivity index (χ1) is 8.68. The Balaban J connectivity index is 1.76. The second-order valence-electron chi connectivity index (χ2n) is 5.06. The summed E-state index contributed by atoms with van der Waals surface area (Å²) in [6.45, 7) is 3.58. The zero-order valence-corrected chi connectivity index (χ0v) is 10.5. The molecule has 0 aromatic carbocycles. The Hall–Kier alpha value is -1.30. The Kier molecular flexibility index (Phi) is 4.41. The van der Waals surface area contributed by atoms with Gasteiger partial charge in [-0.15, -0.1) is 0 Å². The number of rotatable bonds is 3. The quantitative estimate of drug-likeness (QED) is 0.668. The standard InChI is InChI=1S/C12H21N3O3/c16-11(17)10-3-1-2-9(10)8-14-12(18)15-6-4-13-5-7-15/h9-10,13H,1-8H2,(H,14,18)(H,16,17). The fourth-order valence-corrected chi connectivity index (χ4v) is 2.80. The van der Waals surface area contributed by atoms with Gasteiger partial charge < -0.3 is 20.6 Å². The number of carbonyl (C=O) groups excluding carboxylic acids is 1. The third kappa shape index (κ3) is 3.13. The van der Waals surface area contributed by atoms with E-state index >= 15 is 0 Å². The van der Waals surface area contributed by atoms with Gasteiger partial charge in [0.25, 0.3) is 0 Å². The van der Waals surface area contributed by atoms with Gasteiger partial charge in [0.05, 0.1) is 5.92 Å². The fraction of sp³-hybridized carbons (Fsp3) is 0.833. The van der Waals surface area contributed by atoms with Crippen molar-refractivity contribution in [2.75, 3.05) is 32.7 Å². The molecule has 2 aliphatic rings. The molecule has 18 heavy (non-hydrogen) atoms. The van der Waals surface area contributed by atoms with Crippen LogP contribution in [0.1, 0.15) is 19.3 Å². The van der Waals surface area contributed by atoms with Crippen molar-refractivity contribution < 1.29 is 14.7 Å². The van der Waals surface area contributed by atoms with Crippen LogP contribution in [0.3, 0.4) is 0 Å². The van der Waals surface area contributed by atoms with Crippen molar-refractivity contribution in [2.24, 2.45) is 11.8 Å². The molecule has 0 bridgehead atoms. The zero-order valence-electron chi connectivity index (χ0n) is 10.5. The summed E-state index contributed by atoms with van der Waals surface area (Å²) in [5, 5.41) is 15.1. The molecule has 1 saturated heterocycles. The van der Waals surface area contributed by atoms with Crippen LogP contribution in [0.5, 0.6) is 0 Å². The topological polar surface area (TPSA) is 81.7 Å². The number of piperazine rings is 1. The van der Waals surface area contributed by atoms with Gasteiger partial charge in [0.1, 0.15) is 0 Å². The van der Waals surface area contributed by atoms with Gasteiger partial charge in [-0.1, -0.05) is 6.42 Å². The van der Waals surface area contributed by atoms with Gasteiger partial charge in [0.15, 0.2) is 0 Å². The molecule has 2 unspecified atom stereocenters. The van der Waals surface area contributed by atoms with E-state index in [1.54, 1.807) is 4.90 Å². The van der Waals surface area contributed by atoms with Crippen LogP contribution in [-0.2, 0) is 4.79 Å². The highest BCUT2D eigenvalue weighted by Gasteiger charge is 2.33. The smallest absolute Gasteiger partial charge is 0.317 e. The lowest BCUT2D eigenvalue weighted by Gasteiger charge is -2.28. The first-order valence-electron chi connectivity index (χ1n) is 6.65. The monoisotopic (exact) mass is 255 g/mol. The zero-order chi connectivity index (χ0) is 13.0. The Morgan fingerprint density at radius 2 is 2.00 bits per heavy atom. The number of carboxylic acid groups (broad SMARTS) is 1. The Morgan fingerprint density at radius 3 is 2.67 bits per heavy atom. The largest absolute Gasteiger partial charge is 0.481 e. The van der Waals surface area contributed by atoms with E-state index in [0.29, 0.717) is 6.54 Å². The number of hydrogen-bond acceptors (Lipinski definition) is 3. The third-order valence-electron chi connectivity index (χ3n) is 3.90. The summed E-state index contributed by atoms with van der Waals surface area (Å²) in [7, 11) is 0. The predicted molar refractivity (Wildman–Crippen MR) is 66.3 cm³/mol. The van der Waals surface area contributed by atoms with Crippen LogP contribution in [-0.4, -0.2) is 54.7 Å². The van der Waals surface area contributed by atoms with Crippen LogP contribution in [0.2, 0.25) is 0 Å². The average molecular weight is 255 g/mol. The third-order valence-corrected chi connectivity index (χ3v) is 3.90. The minimum atomic E-state index is -0.728. The Labute approximate surface area is 107 Å². The molecule has 0 aromatic heterocycles. The van der Waals surface area contributed by atoms with Crippen molar-refractivity contribution in [1.29, 1.82) is 0 Å². The van der Waals surface area contributed by atoms with Crippen LogP contribution < -0.4 is 10.6 Å². The number of nitrogens with zero attached hydrogens (tertiary/aromatic N) is 1. The number of nitrogens with one attached hydrogen (secondary N) is 2. The van der Waals surface area contributed by atoms with Gasteiger partial charge in [0, 0.05) is 32.7 Å². The maximum absolute atomic E-state index is 11.9. The highest BCUT2D eigenvalue weighted by molar-refractivity contribution is 5.74. The van der Waals surface area contributed by atoms with Gasteiger partial charge in [0.2, 0.25) is 0 Å². The van der Waals surface area contributed by atoms with Crippen molar-refractivity contribution >= 4 is 12.0 Å². The summed E-state index contributed by atoms with van der Waals surface area (Å²) < 4.78 is 0. The SMILES string of the molecule is O=C(O)C1CCCC1CNC(=O)N1CCNCC1. The molecular formula is C12H21N3O3. The van der Waals surface area contributed by atoms with Crippen LogP contribution in [0.15, 0.2) is 0 Å². The lowest BCUT2D eigenvalue weighted by molar-refractivity contribution is -0.142. The van der Waals surface area contributed by atoms with E-state index in [1.165, 1.54) is 0 Å². The molecule has 0 spiro atoms. The minimum absolute atomic E-state index is 0.0625. The number of aliphatic carboxylic acids is 1. The normalized spacial score (nSPS) is 28.1. The van der Waals surface area contributed by atoms with E-state index in [1.807, 2.05) is 0 Å². The van der Waals surface area contributed by atoms with E-state index in [0.717, 1.165) is 45.4 Å². The van der Waals surface area contributed by atoms with Crippen molar-refractivity contribution in [2.45, 2.75) is 19.3 Å². The molecule has 0 radical (unpaired) electrons. The summed E-state index contributed by atoms with van der Waals surface area (Å²) in [5.74, 6) is -0.920. The molecule has 2 fully saturated rings. The predicted octanol–water partition coefficient (Wildman–Crippen LogP) is 0.102. The molecule has 6 nitrogen and oxygen atoms in total. The highest BCUT2D eigenvalue weighted by Crippen LogP contribution is 2.31. The van der Waals surface area contributed by atoms with Gasteiger partial charge in [-0.2, -0.15) is 0 Å². The first kappa shape index (κ1) is 13.1.